The van der Waals surface area contributed by atoms with Crippen molar-refractivity contribution < 1.29 is 55.3 Å². The highest BCUT2D eigenvalue weighted by atomic mass is 32.2. The Kier molecular flexibility index (Phi) is 10.3. The van der Waals surface area contributed by atoms with E-state index in [1.165, 1.54) is 25.4 Å². The molecule has 18 heteroatoms. The highest BCUT2D eigenvalue weighted by Crippen LogP contribution is 2.50. The normalized spacial score (nSPS) is 30.6. The first-order chi connectivity index (χ1) is 25.0. The van der Waals surface area contributed by atoms with Gasteiger partial charge in [0.05, 0.1) is 13.7 Å². The van der Waals surface area contributed by atoms with Gasteiger partial charge in [0.25, 0.3) is 12.3 Å². The van der Waals surface area contributed by atoms with Gasteiger partial charge in [0.2, 0.25) is 27.7 Å². The minimum Gasteiger partial charge on any atom is -0.494 e. The largest absolute Gasteiger partial charge is 0.494 e. The number of sulfonamides is 1. The summed E-state index contributed by atoms with van der Waals surface area (Å²) in [5, 5.41) is 15.5. The van der Waals surface area contributed by atoms with E-state index in [9.17, 15) is 45.9 Å². The summed E-state index contributed by atoms with van der Waals surface area (Å²) in [7, 11) is -3.52. The van der Waals surface area contributed by atoms with Gasteiger partial charge in [-0.3, -0.25) is 19.1 Å². The first-order valence-electron chi connectivity index (χ1n) is 17.4. The van der Waals surface area contributed by atoms with Crippen molar-refractivity contribution in [2.75, 3.05) is 13.7 Å². The molecule has 4 N–H and O–H groups in total. The zero-order valence-electron chi connectivity index (χ0n) is 29.3. The molecule has 0 unspecified atom stereocenters. The third-order valence-electron chi connectivity index (χ3n) is 10.9. The molecule has 2 aromatic rings. The van der Waals surface area contributed by atoms with E-state index in [2.05, 4.69) is 15.6 Å². The van der Waals surface area contributed by atoms with Gasteiger partial charge in [0.15, 0.2) is 16.3 Å². The Hall–Kier alpha value is -4.61. The Morgan fingerprint density at radius 3 is 2.57 bits per heavy atom. The van der Waals surface area contributed by atoms with E-state index in [1.807, 2.05) is 11.6 Å². The van der Waals surface area contributed by atoms with Crippen molar-refractivity contribution in [3.05, 3.63) is 42.4 Å². The van der Waals surface area contributed by atoms with Gasteiger partial charge in [-0.05, 0) is 73.9 Å². The molecule has 1 saturated heterocycles. The average Bonchev–Trinajstić information content (AvgIpc) is 4.00. The van der Waals surface area contributed by atoms with Crippen LogP contribution in [0.3, 0.4) is 0 Å². The molecule has 2 aliphatic heterocycles. The number of nitrogens with zero attached hydrogens (tertiary/aromatic N) is 2. The highest BCUT2D eigenvalue weighted by molar-refractivity contribution is 7.91. The van der Waals surface area contributed by atoms with Crippen LogP contribution in [0.2, 0.25) is 0 Å². The van der Waals surface area contributed by atoms with Gasteiger partial charge in [-0.2, -0.15) is 0 Å². The maximum atomic E-state index is 14.8. The minimum atomic E-state index is -4.83. The van der Waals surface area contributed by atoms with Gasteiger partial charge in [0.1, 0.15) is 23.7 Å². The Labute approximate surface area is 303 Å². The molecule has 0 spiro atoms. The Balaban J connectivity index is 1.34. The number of halogens is 3. The summed E-state index contributed by atoms with van der Waals surface area (Å²) in [5.41, 5.74) is -1.84. The van der Waals surface area contributed by atoms with Crippen LogP contribution in [0.25, 0.3) is 10.8 Å². The number of pyridine rings is 1. The lowest BCUT2D eigenvalue weighted by Gasteiger charge is -2.32. The van der Waals surface area contributed by atoms with Crippen LogP contribution in [0.1, 0.15) is 58.8 Å². The molecule has 3 heterocycles. The lowest BCUT2D eigenvalue weighted by atomic mass is 9.88. The summed E-state index contributed by atoms with van der Waals surface area (Å²) >= 11 is 0. The number of hydrogen-bond acceptors (Lipinski definition) is 9. The van der Waals surface area contributed by atoms with Crippen LogP contribution in [-0.4, -0.2) is 95.8 Å². The predicted octanol–water partition coefficient (Wildman–Crippen LogP) is 3.50. The second-order valence-electron chi connectivity index (χ2n) is 14.6. The van der Waals surface area contributed by atoms with Crippen molar-refractivity contribution in [2.24, 2.45) is 17.8 Å². The van der Waals surface area contributed by atoms with Gasteiger partial charge < -0.3 is 30.1 Å². The summed E-state index contributed by atoms with van der Waals surface area (Å²) < 4.78 is 79.1. The lowest BCUT2D eigenvalue weighted by molar-refractivity contribution is -0.142. The highest BCUT2D eigenvalue weighted by Gasteiger charge is 2.66. The number of carboxylic acid groups (broad SMARTS) is 1. The molecule has 2 saturated carbocycles. The van der Waals surface area contributed by atoms with Gasteiger partial charge in [-0.25, -0.2) is 31.4 Å². The van der Waals surface area contributed by atoms with Crippen LogP contribution >= 0.6 is 0 Å². The summed E-state index contributed by atoms with van der Waals surface area (Å²) in [6.07, 6.45) is 0.0133. The zero-order chi connectivity index (χ0) is 38.5. The van der Waals surface area contributed by atoms with Crippen molar-refractivity contribution in [2.45, 2.75) is 93.7 Å². The molecule has 1 aromatic carbocycles. The second kappa shape index (κ2) is 14.3. The molecule has 53 heavy (non-hydrogen) atoms. The molecule has 0 bridgehead atoms. The fraction of sp³-hybridized carbons (Fsp3) is 0.571. The fourth-order valence-corrected chi connectivity index (χ4v) is 9.05. The number of ether oxygens (including phenoxy) is 2. The zero-order valence-corrected chi connectivity index (χ0v) is 30.1. The summed E-state index contributed by atoms with van der Waals surface area (Å²) in [5.74, 6) is -4.64. The molecule has 1 aromatic heterocycles. The molecule has 4 amide bonds. The van der Waals surface area contributed by atoms with Gasteiger partial charge in [0, 0.05) is 23.9 Å². The Morgan fingerprint density at radius 1 is 1.17 bits per heavy atom. The summed E-state index contributed by atoms with van der Waals surface area (Å²) in [6.45, 7) is 3.44. The molecular formula is C35H42F3N5O9S. The van der Waals surface area contributed by atoms with Crippen LogP contribution in [0.5, 0.6) is 11.6 Å². The van der Waals surface area contributed by atoms with Gasteiger partial charge in [-0.15, -0.1) is 0 Å². The van der Waals surface area contributed by atoms with Crippen molar-refractivity contribution in [3.8, 4) is 11.6 Å². The number of rotatable bonds is 8. The molecule has 4 aliphatic rings. The molecule has 3 fully saturated rings. The van der Waals surface area contributed by atoms with E-state index in [4.69, 9.17) is 9.47 Å². The average molecular weight is 766 g/mol. The molecule has 14 nitrogen and oxygen atoms in total. The summed E-state index contributed by atoms with van der Waals surface area (Å²) in [6, 6.07) is 1.62. The van der Waals surface area contributed by atoms with E-state index < -0.39 is 86.4 Å². The number of amides is 4. The van der Waals surface area contributed by atoms with E-state index >= 15 is 0 Å². The molecule has 2 aliphatic carbocycles. The summed E-state index contributed by atoms with van der Waals surface area (Å²) in [4.78, 5) is 59.6. The molecule has 7 atom stereocenters. The number of carbonyl (C=O) groups is 4. The number of methoxy groups -OCH3 is 1. The Bertz CT molecular complexity index is 1940. The molecular weight excluding hydrogens is 723 g/mol. The maximum Gasteiger partial charge on any atom is 0.405 e. The lowest BCUT2D eigenvalue weighted by Crippen LogP contribution is -2.59. The number of aromatic nitrogens is 1. The van der Waals surface area contributed by atoms with Crippen LogP contribution in [0, 0.1) is 23.6 Å². The SMILES string of the molecule is COc1cc2ccnc(O[C@@H]3C[C@H]4C(=O)N[C@]5(C(=O)NS(=O)(=O)C6(C(F)F)CC6)C[C@H]5/C=C\CC[C@H](C)C[C@@H](C)[C@H](NC(=O)O)C(=O)N4C3)c2cc1F. The smallest absolute Gasteiger partial charge is 0.405 e. The number of benzene rings is 1. The number of hydrogen-bond donors (Lipinski definition) is 4. The predicted molar refractivity (Wildman–Crippen MR) is 183 cm³/mol. The van der Waals surface area contributed by atoms with Crippen LogP contribution in [0.15, 0.2) is 36.5 Å². The van der Waals surface area contributed by atoms with Crippen LogP contribution in [-0.2, 0) is 24.4 Å². The third-order valence-corrected chi connectivity index (χ3v) is 13.0. The van der Waals surface area contributed by atoms with E-state index in [0.717, 1.165) is 4.90 Å². The van der Waals surface area contributed by atoms with Crippen molar-refractivity contribution in [1.29, 1.82) is 0 Å². The number of fused-ring (bicyclic) bond motifs is 3. The van der Waals surface area contributed by atoms with Gasteiger partial charge in [-0.1, -0.05) is 26.0 Å². The fourth-order valence-electron chi connectivity index (χ4n) is 7.55. The molecule has 0 radical (unpaired) electrons. The quantitative estimate of drug-likeness (QED) is 0.289. The topological polar surface area (TPSA) is 193 Å². The number of alkyl halides is 2. The minimum absolute atomic E-state index is 0.00598. The van der Waals surface area contributed by atoms with Crippen LogP contribution < -0.4 is 24.8 Å². The van der Waals surface area contributed by atoms with E-state index in [0.29, 0.717) is 24.6 Å². The molecule has 288 valence electrons. The number of nitrogens with one attached hydrogen (secondary N) is 3. The monoisotopic (exact) mass is 765 g/mol. The van der Waals surface area contributed by atoms with Crippen LogP contribution in [0.4, 0.5) is 18.0 Å². The van der Waals surface area contributed by atoms with Gasteiger partial charge >= 0.3 is 6.09 Å². The maximum absolute atomic E-state index is 14.8. The van der Waals surface area contributed by atoms with E-state index in [1.54, 1.807) is 25.1 Å². The first-order valence-corrected chi connectivity index (χ1v) is 18.9. The first kappa shape index (κ1) is 38.1. The van der Waals surface area contributed by atoms with E-state index in [-0.39, 0.29) is 55.2 Å². The Morgan fingerprint density at radius 2 is 1.91 bits per heavy atom. The third kappa shape index (κ3) is 7.33. The number of allylic oxidation sites excluding steroid dienone is 1. The standard InChI is InChI=1S/C35H42F3N5O9S/c1-18-6-4-5-7-21-16-35(21,32(46)42-53(49,50)34(9-10-34)31(37)38)41-28(44)25-14-22(17-43(25)30(45)27(19(2)12-18)40-33(47)48)52-29-23-15-24(36)26(51-3)13-20(23)8-11-39-29/h5,7-8,11,13,15,18-19,21-22,25,27,31,40H,4,6,9-10,12,14,16-17H2,1-3H3,(H,41,44)(H,42,46)(H,47,48)/b7-5-/t18-,19+,21+,22+,25-,27-,35+/m0/s1. The number of carbonyl (C=O) groups excluding carboxylic acids is 3. The second-order valence-corrected chi connectivity index (χ2v) is 16.7. The van der Waals surface area contributed by atoms with Crippen molar-refractivity contribution >= 4 is 44.6 Å². The molecule has 6 rings (SSSR count). The van der Waals surface area contributed by atoms with Crippen molar-refractivity contribution in [3.63, 3.8) is 0 Å². The van der Waals surface area contributed by atoms with Crippen molar-refractivity contribution in [1.82, 2.24) is 25.2 Å².